The summed E-state index contributed by atoms with van der Waals surface area (Å²) in [6.45, 7) is 2.82. The molecule has 0 aromatic carbocycles. The van der Waals surface area contributed by atoms with Crippen molar-refractivity contribution in [2.24, 2.45) is 0 Å². The van der Waals surface area contributed by atoms with Crippen LogP contribution in [0.5, 0.6) is 5.88 Å². The highest BCUT2D eigenvalue weighted by atomic mass is 32.1. The summed E-state index contributed by atoms with van der Waals surface area (Å²) in [7, 11) is 1.59. The molecule has 0 bridgehead atoms. The summed E-state index contributed by atoms with van der Waals surface area (Å²) in [6, 6.07) is 5.64. The molecule has 0 aliphatic rings. The van der Waals surface area contributed by atoms with Gasteiger partial charge in [-0.05, 0) is 30.0 Å². The summed E-state index contributed by atoms with van der Waals surface area (Å²) in [5.74, 6) is 1.22. The summed E-state index contributed by atoms with van der Waals surface area (Å²) in [5.41, 5.74) is 7.75. The number of thiophene rings is 1. The van der Waals surface area contributed by atoms with Crippen molar-refractivity contribution in [3.05, 3.63) is 34.0 Å². The maximum absolute atomic E-state index is 5.84. The Labute approximate surface area is 104 Å². The molecule has 3 N–H and O–H groups in total. The maximum atomic E-state index is 5.84. The van der Waals surface area contributed by atoms with E-state index in [1.54, 1.807) is 30.6 Å². The number of aryl methyl sites for hydroxylation is 1. The van der Waals surface area contributed by atoms with Crippen LogP contribution in [0.15, 0.2) is 23.6 Å². The van der Waals surface area contributed by atoms with E-state index in [9.17, 15) is 0 Å². The lowest BCUT2D eigenvalue weighted by atomic mass is 10.3. The number of rotatable bonds is 4. The van der Waals surface area contributed by atoms with Crippen molar-refractivity contribution in [3.8, 4) is 5.88 Å². The van der Waals surface area contributed by atoms with E-state index in [1.165, 1.54) is 10.4 Å². The van der Waals surface area contributed by atoms with Crippen molar-refractivity contribution in [3.63, 3.8) is 0 Å². The fourth-order valence-corrected chi connectivity index (χ4v) is 2.30. The van der Waals surface area contributed by atoms with E-state index in [1.807, 2.05) is 0 Å². The van der Waals surface area contributed by atoms with Gasteiger partial charge in [0.15, 0.2) is 5.82 Å². The van der Waals surface area contributed by atoms with E-state index < -0.39 is 0 Å². The quantitative estimate of drug-likeness (QED) is 0.874. The van der Waals surface area contributed by atoms with Crippen molar-refractivity contribution in [1.82, 2.24) is 4.98 Å². The standard InChI is InChI=1S/C12H15N3OS/c1-8-5-6-17-10(8)7-14-12-9(13)3-4-11(15-12)16-2/h3-6H,7,13H2,1-2H3,(H,14,15). The van der Waals surface area contributed by atoms with Crippen LogP contribution in [0.25, 0.3) is 0 Å². The number of nitrogens with zero attached hydrogens (tertiary/aromatic N) is 1. The zero-order valence-electron chi connectivity index (χ0n) is 9.86. The number of nitrogens with two attached hydrogens (primary N) is 1. The smallest absolute Gasteiger partial charge is 0.215 e. The molecule has 0 fully saturated rings. The number of aromatic nitrogens is 1. The summed E-state index contributed by atoms with van der Waals surface area (Å²) in [5, 5.41) is 5.30. The Hall–Kier alpha value is -1.75. The third-order valence-electron chi connectivity index (χ3n) is 2.49. The van der Waals surface area contributed by atoms with E-state index >= 15 is 0 Å². The number of nitrogens with one attached hydrogen (secondary N) is 1. The molecule has 0 saturated carbocycles. The Bertz CT molecular complexity index is 510. The molecular formula is C12H15N3OS. The molecule has 90 valence electrons. The molecule has 0 unspecified atom stereocenters. The highest BCUT2D eigenvalue weighted by Gasteiger charge is 2.05. The Morgan fingerprint density at radius 1 is 1.41 bits per heavy atom. The summed E-state index contributed by atoms with van der Waals surface area (Å²) in [4.78, 5) is 5.55. The van der Waals surface area contributed by atoms with Crippen LogP contribution >= 0.6 is 11.3 Å². The van der Waals surface area contributed by atoms with Gasteiger partial charge in [-0.1, -0.05) is 0 Å². The van der Waals surface area contributed by atoms with Crippen LogP contribution in [-0.4, -0.2) is 12.1 Å². The molecule has 0 aliphatic carbocycles. The van der Waals surface area contributed by atoms with Crippen molar-refractivity contribution in [2.45, 2.75) is 13.5 Å². The van der Waals surface area contributed by atoms with Crippen LogP contribution in [0, 0.1) is 6.92 Å². The molecule has 0 amide bonds. The van der Waals surface area contributed by atoms with Gasteiger partial charge in [0, 0.05) is 10.9 Å². The lowest BCUT2D eigenvalue weighted by Gasteiger charge is -2.09. The van der Waals surface area contributed by atoms with Crippen LogP contribution in [0.1, 0.15) is 10.4 Å². The van der Waals surface area contributed by atoms with Gasteiger partial charge in [0.2, 0.25) is 5.88 Å². The summed E-state index contributed by atoms with van der Waals surface area (Å²) >= 11 is 1.72. The number of hydrogen-bond acceptors (Lipinski definition) is 5. The minimum atomic E-state index is 0.560. The van der Waals surface area contributed by atoms with Gasteiger partial charge in [0.1, 0.15) is 0 Å². The van der Waals surface area contributed by atoms with Crippen molar-refractivity contribution >= 4 is 22.8 Å². The van der Waals surface area contributed by atoms with E-state index in [2.05, 4.69) is 28.7 Å². The fourth-order valence-electron chi connectivity index (χ4n) is 1.46. The molecule has 0 atom stereocenters. The molecule has 2 rings (SSSR count). The third-order valence-corrected chi connectivity index (χ3v) is 3.52. The second-order valence-corrected chi connectivity index (χ2v) is 4.67. The summed E-state index contributed by atoms with van der Waals surface area (Å²) < 4.78 is 5.07. The third kappa shape index (κ3) is 2.68. The highest BCUT2D eigenvalue weighted by Crippen LogP contribution is 2.22. The molecular weight excluding hydrogens is 234 g/mol. The molecule has 0 aliphatic heterocycles. The maximum Gasteiger partial charge on any atom is 0.215 e. The van der Waals surface area contributed by atoms with E-state index in [4.69, 9.17) is 10.5 Å². The molecule has 17 heavy (non-hydrogen) atoms. The van der Waals surface area contributed by atoms with Crippen molar-refractivity contribution in [1.29, 1.82) is 0 Å². The molecule has 0 spiro atoms. The van der Waals surface area contributed by atoms with E-state index in [-0.39, 0.29) is 0 Å². The van der Waals surface area contributed by atoms with Crippen LogP contribution in [0.2, 0.25) is 0 Å². The largest absolute Gasteiger partial charge is 0.481 e. The average Bonchev–Trinajstić information content (AvgIpc) is 2.74. The van der Waals surface area contributed by atoms with Gasteiger partial charge in [-0.2, -0.15) is 4.98 Å². The average molecular weight is 249 g/mol. The van der Waals surface area contributed by atoms with E-state index in [0.29, 0.717) is 17.4 Å². The Balaban J connectivity index is 2.11. The second-order valence-electron chi connectivity index (χ2n) is 3.67. The van der Waals surface area contributed by atoms with Crippen molar-refractivity contribution in [2.75, 3.05) is 18.2 Å². The Morgan fingerprint density at radius 2 is 2.24 bits per heavy atom. The first-order valence-corrected chi connectivity index (χ1v) is 6.16. The zero-order chi connectivity index (χ0) is 12.3. The fraction of sp³-hybridized carbons (Fsp3) is 0.250. The van der Waals surface area contributed by atoms with Gasteiger partial charge in [0.05, 0.1) is 19.3 Å². The number of nitrogen functional groups attached to an aromatic ring is 1. The van der Waals surface area contributed by atoms with Gasteiger partial charge < -0.3 is 15.8 Å². The zero-order valence-corrected chi connectivity index (χ0v) is 10.7. The van der Waals surface area contributed by atoms with Crippen LogP contribution in [0.4, 0.5) is 11.5 Å². The van der Waals surface area contributed by atoms with Gasteiger partial charge in [-0.25, -0.2) is 0 Å². The lowest BCUT2D eigenvalue weighted by Crippen LogP contribution is -2.05. The topological polar surface area (TPSA) is 60.2 Å². The first-order valence-electron chi connectivity index (χ1n) is 5.28. The van der Waals surface area contributed by atoms with Gasteiger partial charge in [-0.3, -0.25) is 0 Å². The molecule has 2 aromatic rings. The highest BCUT2D eigenvalue weighted by molar-refractivity contribution is 7.10. The van der Waals surface area contributed by atoms with Crippen LogP contribution < -0.4 is 15.8 Å². The first-order chi connectivity index (χ1) is 8.20. The monoisotopic (exact) mass is 249 g/mol. The predicted molar refractivity (Wildman–Crippen MR) is 71.6 cm³/mol. The second kappa shape index (κ2) is 5.05. The van der Waals surface area contributed by atoms with Crippen molar-refractivity contribution < 1.29 is 4.74 Å². The van der Waals surface area contributed by atoms with Gasteiger partial charge in [-0.15, -0.1) is 11.3 Å². The van der Waals surface area contributed by atoms with Gasteiger partial charge in [0.25, 0.3) is 0 Å². The minimum Gasteiger partial charge on any atom is -0.481 e. The SMILES string of the molecule is COc1ccc(N)c(NCc2sccc2C)n1. The minimum absolute atomic E-state index is 0.560. The molecule has 4 nitrogen and oxygen atoms in total. The predicted octanol–water partition coefficient (Wildman–Crippen LogP) is 2.65. The van der Waals surface area contributed by atoms with Gasteiger partial charge >= 0.3 is 0 Å². The molecule has 2 heterocycles. The number of methoxy groups -OCH3 is 1. The molecule has 0 saturated heterocycles. The number of hydrogen-bond donors (Lipinski definition) is 2. The first kappa shape index (κ1) is 11.7. The summed E-state index contributed by atoms with van der Waals surface area (Å²) in [6.07, 6.45) is 0. The molecule has 2 aromatic heterocycles. The lowest BCUT2D eigenvalue weighted by molar-refractivity contribution is 0.398. The van der Waals surface area contributed by atoms with E-state index in [0.717, 1.165) is 6.54 Å². The van der Waals surface area contributed by atoms with Crippen LogP contribution in [-0.2, 0) is 6.54 Å². The Morgan fingerprint density at radius 3 is 2.88 bits per heavy atom. The van der Waals surface area contributed by atoms with Crippen LogP contribution in [0.3, 0.4) is 0 Å². The normalized spacial score (nSPS) is 10.2. The Kier molecular flexibility index (Phi) is 3.49. The number of ether oxygens (including phenoxy) is 1. The number of pyridine rings is 1. The number of anilines is 2. The molecule has 0 radical (unpaired) electrons. The molecule has 5 heteroatoms.